The van der Waals surface area contributed by atoms with E-state index in [1.165, 1.54) is 0 Å². The van der Waals surface area contributed by atoms with Crippen molar-refractivity contribution in [3.8, 4) is 5.75 Å². The molecule has 1 fully saturated rings. The van der Waals surface area contributed by atoms with Crippen LogP contribution in [0, 0.1) is 0 Å². The maximum atomic E-state index is 13.0. The fourth-order valence-corrected chi connectivity index (χ4v) is 3.68. The lowest BCUT2D eigenvalue weighted by atomic mass is 10.0. The quantitative estimate of drug-likeness (QED) is 0.789. The maximum Gasteiger partial charge on any atom is 0.414 e. The maximum absolute atomic E-state index is 13.0. The summed E-state index contributed by atoms with van der Waals surface area (Å²) in [4.78, 5) is 28.8. The Balaban J connectivity index is 1.71. The molecule has 1 atom stereocenters. The molecule has 1 saturated heterocycles. The summed E-state index contributed by atoms with van der Waals surface area (Å²) in [6.07, 6.45) is 0.306. The molecule has 0 aromatic heterocycles. The first-order valence-electron chi connectivity index (χ1n) is 8.74. The molecule has 140 valence electrons. The molecule has 0 spiro atoms. The average Bonchev–Trinajstić information content (AvgIpc) is 3.03. The lowest BCUT2D eigenvalue weighted by molar-refractivity contribution is 0.0734. The molecule has 0 aliphatic carbocycles. The topological polar surface area (TPSA) is 59.1 Å². The standard InChI is InChI=1S/C20H19ClN2O4/c1-26-17-6-7-18-14(10-17)11-22(9-8-16-12-27-20(25)23(16)18)19(24)13-2-4-15(21)5-3-13/h2-7,10,16H,8-9,11-12H2,1H3/t16-/m0/s1. The summed E-state index contributed by atoms with van der Waals surface area (Å²) in [5, 5.41) is 0.589. The van der Waals surface area contributed by atoms with Crippen molar-refractivity contribution in [2.45, 2.75) is 19.0 Å². The number of rotatable bonds is 2. The van der Waals surface area contributed by atoms with E-state index in [2.05, 4.69) is 0 Å². The van der Waals surface area contributed by atoms with E-state index in [-0.39, 0.29) is 18.0 Å². The van der Waals surface area contributed by atoms with E-state index in [0.29, 0.717) is 42.5 Å². The van der Waals surface area contributed by atoms with Gasteiger partial charge in [-0.2, -0.15) is 0 Å². The van der Waals surface area contributed by atoms with Crippen LogP contribution in [0.2, 0.25) is 5.02 Å². The van der Waals surface area contributed by atoms with Gasteiger partial charge >= 0.3 is 6.09 Å². The highest BCUT2D eigenvalue weighted by atomic mass is 35.5. The number of fused-ring (bicyclic) bond motifs is 3. The molecule has 2 aromatic carbocycles. The number of amides is 2. The molecule has 0 bridgehead atoms. The number of hydrogen-bond acceptors (Lipinski definition) is 4. The third kappa shape index (κ3) is 3.32. The monoisotopic (exact) mass is 386 g/mol. The van der Waals surface area contributed by atoms with Gasteiger partial charge in [0.15, 0.2) is 0 Å². The van der Waals surface area contributed by atoms with Gasteiger partial charge in [-0.1, -0.05) is 11.6 Å². The lowest BCUT2D eigenvalue weighted by Gasteiger charge is -2.32. The fraction of sp³-hybridized carbons (Fsp3) is 0.300. The fourth-order valence-electron chi connectivity index (χ4n) is 3.56. The van der Waals surface area contributed by atoms with Crippen molar-refractivity contribution in [1.29, 1.82) is 0 Å². The number of carbonyl (C=O) groups excluding carboxylic acids is 2. The summed E-state index contributed by atoms with van der Waals surface area (Å²) in [5.41, 5.74) is 2.19. The van der Waals surface area contributed by atoms with Gasteiger partial charge in [-0.3, -0.25) is 9.69 Å². The molecule has 2 aromatic rings. The summed E-state index contributed by atoms with van der Waals surface area (Å²) in [7, 11) is 1.59. The number of anilines is 1. The summed E-state index contributed by atoms with van der Waals surface area (Å²) in [6.45, 7) is 1.23. The first kappa shape index (κ1) is 17.7. The molecule has 0 N–H and O–H groups in total. The number of cyclic esters (lactones) is 1. The molecule has 0 saturated carbocycles. The molecule has 2 heterocycles. The van der Waals surface area contributed by atoms with E-state index in [9.17, 15) is 9.59 Å². The van der Waals surface area contributed by atoms with Gasteiger partial charge in [-0.25, -0.2) is 4.79 Å². The average molecular weight is 387 g/mol. The molecule has 2 aliphatic rings. The van der Waals surface area contributed by atoms with E-state index >= 15 is 0 Å². The van der Waals surface area contributed by atoms with Crippen LogP contribution in [-0.4, -0.2) is 43.2 Å². The normalized spacial score (nSPS) is 18.9. The summed E-state index contributed by atoms with van der Waals surface area (Å²) >= 11 is 5.93. The van der Waals surface area contributed by atoms with E-state index in [1.807, 2.05) is 18.2 Å². The Morgan fingerprint density at radius 1 is 1.22 bits per heavy atom. The molecule has 0 unspecified atom stereocenters. The Bertz CT molecular complexity index is 884. The predicted octanol–water partition coefficient (Wildman–Crippen LogP) is 3.72. The third-order valence-corrected chi connectivity index (χ3v) is 5.23. The Morgan fingerprint density at radius 2 is 2.00 bits per heavy atom. The number of ether oxygens (including phenoxy) is 2. The zero-order valence-electron chi connectivity index (χ0n) is 14.9. The molecule has 4 rings (SSSR count). The number of carbonyl (C=O) groups is 2. The van der Waals surface area contributed by atoms with Gasteiger partial charge in [-0.05, 0) is 54.4 Å². The van der Waals surface area contributed by atoms with Crippen LogP contribution in [0.3, 0.4) is 0 Å². The van der Waals surface area contributed by atoms with Crippen molar-refractivity contribution < 1.29 is 19.1 Å². The summed E-state index contributed by atoms with van der Waals surface area (Å²) in [6, 6.07) is 12.3. The number of methoxy groups -OCH3 is 1. The summed E-state index contributed by atoms with van der Waals surface area (Å²) < 4.78 is 10.6. The minimum Gasteiger partial charge on any atom is -0.497 e. The minimum atomic E-state index is -0.344. The van der Waals surface area contributed by atoms with Gasteiger partial charge in [0.1, 0.15) is 12.4 Å². The van der Waals surface area contributed by atoms with Crippen LogP contribution in [-0.2, 0) is 11.3 Å². The Hall–Kier alpha value is -2.73. The Labute approximate surface area is 162 Å². The highest BCUT2D eigenvalue weighted by Crippen LogP contribution is 2.34. The summed E-state index contributed by atoms with van der Waals surface area (Å²) in [5.74, 6) is 0.608. The molecule has 7 heteroatoms. The molecular formula is C20H19ClN2O4. The third-order valence-electron chi connectivity index (χ3n) is 4.98. The van der Waals surface area contributed by atoms with E-state index in [0.717, 1.165) is 11.3 Å². The number of halogens is 1. The van der Waals surface area contributed by atoms with Crippen molar-refractivity contribution in [2.75, 3.05) is 25.2 Å². The van der Waals surface area contributed by atoms with Gasteiger partial charge in [0, 0.05) is 23.7 Å². The van der Waals surface area contributed by atoms with Crippen molar-refractivity contribution in [2.24, 2.45) is 0 Å². The molecule has 0 radical (unpaired) electrons. The Morgan fingerprint density at radius 3 is 2.74 bits per heavy atom. The van der Waals surface area contributed by atoms with Crippen LogP contribution in [0.25, 0.3) is 0 Å². The van der Waals surface area contributed by atoms with E-state index < -0.39 is 0 Å². The van der Waals surface area contributed by atoms with Crippen molar-refractivity contribution in [3.63, 3.8) is 0 Å². The highest BCUT2D eigenvalue weighted by Gasteiger charge is 2.37. The molecule has 2 amide bonds. The minimum absolute atomic E-state index is 0.0703. The highest BCUT2D eigenvalue weighted by molar-refractivity contribution is 6.30. The molecule has 27 heavy (non-hydrogen) atoms. The zero-order valence-corrected chi connectivity index (χ0v) is 15.6. The first-order chi connectivity index (χ1) is 13.1. The zero-order chi connectivity index (χ0) is 19.0. The number of nitrogens with zero attached hydrogens (tertiary/aromatic N) is 2. The Kier molecular flexibility index (Phi) is 4.66. The van der Waals surface area contributed by atoms with E-state index in [4.69, 9.17) is 21.1 Å². The molecule has 2 aliphatic heterocycles. The van der Waals surface area contributed by atoms with Crippen molar-refractivity contribution in [3.05, 3.63) is 58.6 Å². The van der Waals surface area contributed by atoms with Crippen LogP contribution < -0.4 is 9.64 Å². The van der Waals surface area contributed by atoms with Crippen LogP contribution in [0.5, 0.6) is 5.75 Å². The van der Waals surface area contributed by atoms with Gasteiger partial charge in [-0.15, -0.1) is 0 Å². The van der Waals surface area contributed by atoms with Gasteiger partial charge in [0.05, 0.1) is 18.8 Å². The van der Waals surface area contributed by atoms with Crippen LogP contribution in [0.1, 0.15) is 22.3 Å². The number of benzene rings is 2. The van der Waals surface area contributed by atoms with Crippen molar-refractivity contribution in [1.82, 2.24) is 4.90 Å². The lowest BCUT2D eigenvalue weighted by Crippen LogP contribution is -2.42. The van der Waals surface area contributed by atoms with Gasteiger partial charge in [0.25, 0.3) is 5.91 Å². The van der Waals surface area contributed by atoms with Crippen molar-refractivity contribution >= 4 is 29.3 Å². The molecular weight excluding hydrogens is 368 g/mol. The van der Waals surface area contributed by atoms with Crippen LogP contribution in [0.15, 0.2) is 42.5 Å². The van der Waals surface area contributed by atoms with E-state index in [1.54, 1.807) is 41.2 Å². The second-order valence-electron chi connectivity index (χ2n) is 6.62. The van der Waals surface area contributed by atoms with Crippen LogP contribution in [0.4, 0.5) is 10.5 Å². The van der Waals surface area contributed by atoms with Gasteiger partial charge < -0.3 is 14.4 Å². The SMILES string of the molecule is COc1ccc2c(c1)CN(C(=O)c1ccc(Cl)cc1)CC[C@H]1COC(=O)N21. The number of hydrogen-bond donors (Lipinski definition) is 0. The van der Waals surface area contributed by atoms with Crippen LogP contribution >= 0.6 is 11.6 Å². The largest absolute Gasteiger partial charge is 0.497 e. The second-order valence-corrected chi connectivity index (χ2v) is 7.05. The molecule has 6 nitrogen and oxygen atoms in total. The first-order valence-corrected chi connectivity index (χ1v) is 9.12. The predicted molar refractivity (Wildman–Crippen MR) is 101 cm³/mol. The smallest absolute Gasteiger partial charge is 0.414 e. The second kappa shape index (κ2) is 7.12. The van der Waals surface area contributed by atoms with Gasteiger partial charge in [0.2, 0.25) is 0 Å².